The highest BCUT2D eigenvalue weighted by atomic mass is 35.5. The van der Waals surface area contributed by atoms with Gasteiger partial charge >= 0.3 is 0 Å². The van der Waals surface area contributed by atoms with E-state index in [0.29, 0.717) is 11.4 Å². The molecule has 6 heteroatoms. The van der Waals surface area contributed by atoms with Crippen LogP contribution in [0.4, 0.5) is 5.69 Å². The van der Waals surface area contributed by atoms with Crippen molar-refractivity contribution >= 4 is 27.3 Å². The average molecular weight is 354 g/mol. The maximum absolute atomic E-state index is 12.4. The number of rotatable bonds is 4. The molecule has 0 atom stereocenters. The molecule has 2 aromatic rings. The quantitative estimate of drug-likeness (QED) is 0.883. The van der Waals surface area contributed by atoms with E-state index in [-0.39, 0.29) is 15.3 Å². The molecular weight excluding hydrogens is 334 g/mol. The zero-order valence-corrected chi connectivity index (χ0v) is 15.1. The summed E-state index contributed by atoms with van der Waals surface area (Å²) in [6.07, 6.45) is 0. The Morgan fingerprint density at radius 1 is 1.04 bits per heavy atom. The normalized spacial score (nSPS) is 12.0. The first-order valence-electron chi connectivity index (χ1n) is 7.10. The van der Waals surface area contributed by atoms with Crippen LogP contribution in [-0.2, 0) is 15.4 Å². The van der Waals surface area contributed by atoms with Gasteiger partial charge in [0.05, 0.1) is 17.0 Å². The smallest absolute Gasteiger partial charge is 0.261 e. The van der Waals surface area contributed by atoms with E-state index < -0.39 is 10.0 Å². The van der Waals surface area contributed by atoms with Gasteiger partial charge in [0.15, 0.2) is 0 Å². The van der Waals surface area contributed by atoms with E-state index in [1.54, 1.807) is 12.1 Å². The fourth-order valence-electron chi connectivity index (χ4n) is 2.07. The van der Waals surface area contributed by atoms with Crippen LogP contribution < -0.4 is 9.46 Å². The lowest BCUT2D eigenvalue weighted by atomic mass is 9.87. The molecule has 2 aromatic carbocycles. The standard InChI is InChI=1S/C17H20ClNO3S/c1-17(2,3)12-5-7-13(8-6-12)19-23(20,21)14-9-10-16(22-4)15(18)11-14/h5-11,19H,1-4H3. The molecule has 0 saturated heterocycles. The summed E-state index contributed by atoms with van der Waals surface area (Å²) in [4.78, 5) is 0.0863. The minimum absolute atomic E-state index is 0.0148. The third-order valence-corrected chi connectivity index (χ3v) is 5.11. The van der Waals surface area contributed by atoms with Crippen molar-refractivity contribution in [2.24, 2.45) is 0 Å². The van der Waals surface area contributed by atoms with Gasteiger partial charge in [0, 0.05) is 5.69 Å². The Hall–Kier alpha value is -1.72. The van der Waals surface area contributed by atoms with Crippen molar-refractivity contribution in [3.63, 3.8) is 0 Å². The minimum atomic E-state index is -3.70. The number of hydrogen-bond acceptors (Lipinski definition) is 3. The van der Waals surface area contributed by atoms with Crippen LogP contribution in [0, 0.1) is 0 Å². The third-order valence-electron chi connectivity index (χ3n) is 3.44. The lowest BCUT2D eigenvalue weighted by Gasteiger charge is -2.19. The number of ether oxygens (including phenoxy) is 1. The summed E-state index contributed by atoms with van der Waals surface area (Å²) < 4.78 is 32.4. The molecule has 0 fully saturated rings. The van der Waals surface area contributed by atoms with Crippen molar-refractivity contribution in [2.75, 3.05) is 11.8 Å². The first kappa shape index (κ1) is 17.6. The van der Waals surface area contributed by atoms with Gasteiger partial charge in [-0.05, 0) is 41.3 Å². The topological polar surface area (TPSA) is 55.4 Å². The lowest BCUT2D eigenvalue weighted by molar-refractivity contribution is 0.414. The number of benzene rings is 2. The fraction of sp³-hybridized carbons (Fsp3) is 0.294. The largest absolute Gasteiger partial charge is 0.495 e. The molecule has 0 saturated carbocycles. The highest BCUT2D eigenvalue weighted by molar-refractivity contribution is 7.92. The number of nitrogens with one attached hydrogen (secondary N) is 1. The van der Waals surface area contributed by atoms with Gasteiger partial charge in [0.2, 0.25) is 0 Å². The average Bonchev–Trinajstić information content (AvgIpc) is 2.46. The van der Waals surface area contributed by atoms with Crippen LogP contribution in [0.5, 0.6) is 5.75 Å². The highest BCUT2D eigenvalue weighted by Crippen LogP contribution is 2.28. The summed E-state index contributed by atoms with van der Waals surface area (Å²) in [5.74, 6) is 0.431. The van der Waals surface area contributed by atoms with Gasteiger partial charge < -0.3 is 4.74 Å². The second-order valence-electron chi connectivity index (χ2n) is 6.23. The molecule has 0 aliphatic rings. The Bertz CT molecular complexity index is 794. The number of halogens is 1. The van der Waals surface area contributed by atoms with E-state index in [1.807, 2.05) is 12.1 Å². The Morgan fingerprint density at radius 3 is 2.13 bits per heavy atom. The Kier molecular flexibility index (Phi) is 4.92. The predicted molar refractivity (Wildman–Crippen MR) is 94.0 cm³/mol. The fourth-order valence-corrected chi connectivity index (χ4v) is 3.47. The van der Waals surface area contributed by atoms with Crippen LogP contribution in [0.25, 0.3) is 0 Å². The van der Waals surface area contributed by atoms with Crippen molar-refractivity contribution in [1.29, 1.82) is 0 Å². The molecule has 23 heavy (non-hydrogen) atoms. The minimum Gasteiger partial charge on any atom is -0.495 e. The molecule has 0 bridgehead atoms. The summed E-state index contributed by atoms with van der Waals surface area (Å²) in [5.41, 5.74) is 1.65. The molecule has 0 spiro atoms. The highest BCUT2D eigenvalue weighted by Gasteiger charge is 2.17. The maximum atomic E-state index is 12.4. The van der Waals surface area contributed by atoms with E-state index in [0.717, 1.165) is 5.56 Å². The second kappa shape index (κ2) is 6.42. The van der Waals surface area contributed by atoms with E-state index >= 15 is 0 Å². The van der Waals surface area contributed by atoms with Gasteiger partial charge in [-0.1, -0.05) is 44.5 Å². The van der Waals surface area contributed by atoms with Gasteiger partial charge in [0.25, 0.3) is 10.0 Å². The van der Waals surface area contributed by atoms with Crippen LogP contribution >= 0.6 is 11.6 Å². The summed E-state index contributed by atoms with van der Waals surface area (Å²) in [6, 6.07) is 11.7. The van der Waals surface area contributed by atoms with Gasteiger partial charge in [0.1, 0.15) is 5.75 Å². The Labute approximate surface area is 142 Å². The molecule has 0 aliphatic heterocycles. The second-order valence-corrected chi connectivity index (χ2v) is 8.32. The van der Waals surface area contributed by atoms with Gasteiger partial charge in [-0.25, -0.2) is 8.42 Å². The molecule has 1 N–H and O–H groups in total. The maximum Gasteiger partial charge on any atom is 0.261 e. The molecule has 0 unspecified atom stereocenters. The zero-order chi connectivity index (χ0) is 17.3. The van der Waals surface area contributed by atoms with Gasteiger partial charge in [-0.15, -0.1) is 0 Å². The van der Waals surface area contributed by atoms with Crippen molar-refractivity contribution < 1.29 is 13.2 Å². The first-order chi connectivity index (χ1) is 10.6. The summed E-state index contributed by atoms with van der Waals surface area (Å²) >= 11 is 5.99. The Morgan fingerprint density at radius 2 is 1.65 bits per heavy atom. The third kappa shape index (κ3) is 4.18. The zero-order valence-electron chi connectivity index (χ0n) is 13.6. The van der Waals surface area contributed by atoms with Crippen LogP contribution in [0.15, 0.2) is 47.4 Å². The summed E-state index contributed by atoms with van der Waals surface area (Å²) in [6.45, 7) is 6.31. The van der Waals surface area contributed by atoms with Crippen LogP contribution in [0.2, 0.25) is 5.02 Å². The van der Waals surface area contributed by atoms with Crippen LogP contribution in [0.1, 0.15) is 26.3 Å². The molecule has 0 aliphatic carbocycles. The molecular formula is C17H20ClNO3S. The van der Waals surface area contributed by atoms with E-state index in [2.05, 4.69) is 25.5 Å². The van der Waals surface area contributed by atoms with Crippen molar-refractivity contribution in [2.45, 2.75) is 31.1 Å². The van der Waals surface area contributed by atoms with Crippen LogP contribution in [-0.4, -0.2) is 15.5 Å². The van der Waals surface area contributed by atoms with E-state index in [9.17, 15) is 8.42 Å². The van der Waals surface area contributed by atoms with Crippen LogP contribution in [0.3, 0.4) is 0 Å². The molecule has 0 aromatic heterocycles. The number of anilines is 1. The van der Waals surface area contributed by atoms with Gasteiger partial charge in [-0.3, -0.25) is 4.72 Å². The molecule has 0 amide bonds. The number of hydrogen-bond donors (Lipinski definition) is 1. The SMILES string of the molecule is COc1ccc(S(=O)(=O)Nc2ccc(C(C)(C)C)cc2)cc1Cl. The molecule has 0 heterocycles. The molecule has 0 radical (unpaired) electrons. The van der Waals surface area contributed by atoms with E-state index in [4.69, 9.17) is 16.3 Å². The lowest BCUT2D eigenvalue weighted by Crippen LogP contribution is -2.14. The molecule has 124 valence electrons. The van der Waals surface area contributed by atoms with Crippen molar-refractivity contribution in [3.8, 4) is 5.75 Å². The summed E-state index contributed by atoms with van der Waals surface area (Å²) in [5, 5.41) is 0.249. The van der Waals surface area contributed by atoms with Crippen molar-refractivity contribution in [1.82, 2.24) is 0 Å². The predicted octanol–water partition coefficient (Wildman–Crippen LogP) is 4.45. The summed E-state index contributed by atoms with van der Waals surface area (Å²) in [7, 11) is -2.22. The monoisotopic (exact) mass is 353 g/mol. The number of methoxy groups -OCH3 is 1. The van der Waals surface area contributed by atoms with Crippen molar-refractivity contribution in [3.05, 3.63) is 53.1 Å². The van der Waals surface area contributed by atoms with Gasteiger partial charge in [-0.2, -0.15) is 0 Å². The first-order valence-corrected chi connectivity index (χ1v) is 8.96. The number of sulfonamides is 1. The molecule has 4 nitrogen and oxygen atoms in total. The molecule has 2 rings (SSSR count). The Balaban J connectivity index is 2.26. The van der Waals surface area contributed by atoms with E-state index in [1.165, 1.54) is 25.3 Å².